The van der Waals surface area contributed by atoms with Gasteiger partial charge in [0.2, 0.25) is 10.0 Å². The fourth-order valence-electron chi connectivity index (χ4n) is 2.06. The van der Waals surface area contributed by atoms with Gasteiger partial charge in [0.25, 0.3) is 0 Å². The Morgan fingerprint density at radius 1 is 1.25 bits per heavy atom. The van der Waals surface area contributed by atoms with Crippen LogP contribution < -0.4 is 4.72 Å². The Hall–Kier alpha value is -1.66. The summed E-state index contributed by atoms with van der Waals surface area (Å²) in [5.41, 5.74) is 1.77. The van der Waals surface area contributed by atoms with Crippen molar-refractivity contribution in [1.29, 1.82) is 0 Å². The van der Waals surface area contributed by atoms with E-state index in [0.717, 1.165) is 5.56 Å². The van der Waals surface area contributed by atoms with Crippen molar-refractivity contribution in [2.45, 2.75) is 31.7 Å². The Morgan fingerprint density at radius 2 is 1.95 bits per heavy atom. The number of hydrogen-bond donors (Lipinski definition) is 1. The molecule has 108 valence electrons. The number of hydrogen-bond acceptors (Lipinski definition) is 3. The van der Waals surface area contributed by atoms with Gasteiger partial charge in [-0.15, -0.1) is 0 Å². The molecule has 5 nitrogen and oxygen atoms in total. The summed E-state index contributed by atoms with van der Waals surface area (Å²) in [7, 11) is -3.48. The summed E-state index contributed by atoms with van der Waals surface area (Å²) in [4.78, 5) is 0.257. The Morgan fingerprint density at radius 3 is 2.55 bits per heavy atom. The predicted molar refractivity (Wildman–Crippen MR) is 78.0 cm³/mol. The smallest absolute Gasteiger partial charge is 0.243 e. The SMILES string of the molecule is CCn1ncc(S(=O)(=O)NCCc2ccccc2)c1C. The summed E-state index contributed by atoms with van der Waals surface area (Å²) < 4.78 is 28.7. The highest BCUT2D eigenvalue weighted by atomic mass is 32.2. The zero-order valence-corrected chi connectivity index (χ0v) is 12.5. The molecule has 1 aromatic heterocycles. The Bertz CT molecular complexity index is 663. The predicted octanol–water partition coefficient (Wildman–Crippen LogP) is 1.73. The second-order valence-corrected chi connectivity index (χ2v) is 6.28. The molecule has 0 saturated carbocycles. The fourth-order valence-corrected chi connectivity index (χ4v) is 3.27. The van der Waals surface area contributed by atoms with Gasteiger partial charge in [0, 0.05) is 13.1 Å². The molecule has 0 aliphatic carbocycles. The molecule has 1 aromatic carbocycles. The van der Waals surface area contributed by atoms with Crippen LogP contribution in [-0.4, -0.2) is 24.7 Å². The van der Waals surface area contributed by atoms with E-state index >= 15 is 0 Å². The van der Waals surface area contributed by atoms with Gasteiger partial charge < -0.3 is 0 Å². The average Bonchev–Trinajstić information content (AvgIpc) is 2.81. The van der Waals surface area contributed by atoms with Crippen molar-refractivity contribution in [3.8, 4) is 0 Å². The minimum absolute atomic E-state index is 0.257. The third-order valence-electron chi connectivity index (χ3n) is 3.20. The van der Waals surface area contributed by atoms with Crippen LogP contribution in [0.4, 0.5) is 0 Å². The van der Waals surface area contributed by atoms with E-state index in [1.165, 1.54) is 6.20 Å². The topological polar surface area (TPSA) is 64.0 Å². The molecule has 0 aliphatic rings. The first-order valence-electron chi connectivity index (χ1n) is 6.60. The van der Waals surface area contributed by atoms with Gasteiger partial charge in [-0.3, -0.25) is 4.68 Å². The second kappa shape index (κ2) is 6.19. The molecule has 0 amide bonds. The first-order valence-corrected chi connectivity index (χ1v) is 8.09. The summed E-state index contributed by atoms with van der Waals surface area (Å²) in [5, 5.41) is 4.06. The molecule has 0 atom stereocenters. The van der Waals surface area contributed by atoms with Gasteiger partial charge in [-0.2, -0.15) is 5.10 Å². The monoisotopic (exact) mass is 293 g/mol. The first-order chi connectivity index (χ1) is 9.54. The van der Waals surface area contributed by atoms with Gasteiger partial charge in [-0.05, 0) is 25.8 Å². The maximum Gasteiger partial charge on any atom is 0.243 e. The van der Waals surface area contributed by atoms with Crippen molar-refractivity contribution >= 4 is 10.0 Å². The Kier molecular flexibility index (Phi) is 4.57. The summed E-state index contributed by atoms with van der Waals surface area (Å²) in [5.74, 6) is 0. The molecule has 2 rings (SSSR count). The van der Waals surface area contributed by atoms with E-state index in [1.807, 2.05) is 37.3 Å². The van der Waals surface area contributed by atoms with Gasteiger partial charge in [0.1, 0.15) is 4.90 Å². The highest BCUT2D eigenvalue weighted by Gasteiger charge is 2.19. The number of aromatic nitrogens is 2. The quantitative estimate of drug-likeness (QED) is 0.882. The van der Waals surface area contributed by atoms with Crippen LogP contribution in [0.1, 0.15) is 18.2 Å². The van der Waals surface area contributed by atoms with E-state index in [-0.39, 0.29) is 4.90 Å². The molecule has 0 saturated heterocycles. The number of aryl methyl sites for hydroxylation is 1. The van der Waals surface area contributed by atoms with Crippen LogP contribution in [0.15, 0.2) is 41.4 Å². The van der Waals surface area contributed by atoms with Gasteiger partial charge in [-0.25, -0.2) is 13.1 Å². The average molecular weight is 293 g/mol. The minimum Gasteiger partial charge on any atom is -0.269 e. The number of nitrogens with zero attached hydrogens (tertiary/aromatic N) is 2. The fraction of sp³-hybridized carbons (Fsp3) is 0.357. The van der Waals surface area contributed by atoms with Gasteiger partial charge >= 0.3 is 0 Å². The number of nitrogens with one attached hydrogen (secondary N) is 1. The summed E-state index contributed by atoms with van der Waals surface area (Å²) in [6, 6.07) is 9.79. The zero-order valence-electron chi connectivity index (χ0n) is 11.7. The molecular weight excluding hydrogens is 274 g/mol. The molecule has 6 heteroatoms. The second-order valence-electron chi connectivity index (χ2n) is 4.54. The third-order valence-corrected chi connectivity index (χ3v) is 4.76. The van der Waals surface area contributed by atoms with Crippen molar-refractivity contribution in [2.75, 3.05) is 6.54 Å². The summed E-state index contributed by atoms with van der Waals surface area (Å²) >= 11 is 0. The highest BCUT2D eigenvalue weighted by molar-refractivity contribution is 7.89. The zero-order chi connectivity index (χ0) is 14.6. The van der Waals surface area contributed by atoms with Crippen LogP contribution in [0, 0.1) is 6.92 Å². The largest absolute Gasteiger partial charge is 0.269 e. The normalized spacial score (nSPS) is 11.7. The van der Waals surface area contributed by atoms with Gasteiger partial charge in [0.15, 0.2) is 0 Å². The molecule has 0 spiro atoms. The summed E-state index contributed by atoms with van der Waals surface area (Å²) in [6.07, 6.45) is 2.07. The van der Waals surface area contributed by atoms with Crippen LogP contribution in [0.5, 0.6) is 0 Å². The van der Waals surface area contributed by atoms with E-state index in [9.17, 15) is 8.42 Å². The first kappa shape index (κ1) is 14.7. The highest BCUT2D eigenvalue weighted by Crippen LogP contribution is 2.13. The van der Waals surface area contributed by atoms with E-state index in [1.54, 1.807) is 11.6 Å². The molecule has 0 bridgehead atoms. The Balaban J connectivity index is 2.02. The van der Waals surface area contributed by atoms with Crippen molar-refractivity contribution in [3.63, 3.8) is 0 Å². The van der Waals surface area contributed by atoms with E-state index in [0.29, 0.717) is 25.2 Å². The van der Waals surface area contributed by atoms with Crippen molar-refractivity contribution in [3.05, 3.63) is 47.8 Å². The molecule has 0 unspecified atom stereocenters. The molecule has 0 aliphatic heterocycles. The standard InChI is InChI=1S/C14H19N3O2S/c1-3-17-12(2)14(11-15-17)20(18,19)16-10-9-13-7-5-4-6-8-13/h4-8,11,16H,3,9-10H2,1-2H3. The molecule has 1 N–H and O–H groups in total. The minimum atomic E-state index is -3.48. The molecule has 0 fully saturated rings. The number of benzene rings is 1. The van der Waals surface area contributed by atoms with E-state index in [4.69, 9.17) is 0 Å². The van der Waals surface area contributed by atoms with Crippen molar-refractivity contribution in [1.82, 2.24) is 14.5 Å². The number of sulfonamides is 1. The molecule has 1 heterocycles. The van der Waals surface area contributed by atoms with Crippen LogP contribution in [-0.2, 0) is 23.0 Å². The van der Waals surface area contributed by atoms with Crippen LogP contribution in [0.3, 0.4) is 0 Å². The lowest BCUT2D eigenvalue weighted by Crippen LogP contribution is -2.26. The van der Waals surface area contributed by atoms with Crippen LogP contribution >= 0.6 is 0 Å². The molecular formula is C14H19N3O2S. The maximum absolute atomic E-state index is 12.2. The molecule has 20 heavy (non-hydrogen) atoms. The lowest BCUT2D eigenvalue weighted by atomic mass is 10.2. The lowest BCUT2D eigenvalue weighted by Gasteiger charge is -2.07. The maximum atomic E-state index is 12.2. The van der Waals surface area contributed by atoms with Crippen molar-refractivity contribution in [2.24, 2.45) is 0 Å². The Labute approximate surface area is 119 Å². The van der Waals surface area contributed by atoms with E-state index in [2.05, 4.69) is 9.82 Å². The van der Waals surface area contributed by atoms with Crippen molar-refractivity contribution < 1.29 is 8.42 Å². The molecule has 2 aromatic rings. The molecule has 0 radical (unpaired) electrons. The van der Waals surface area contributed by atoms with Gasteiger partial charge in [0.05, 0.1) is 11.9 Å². The van der Waals surface area contributed by atoms with Gasteiger partial charge in [-0.1, -0.05) is 30.3 Å². The van der Waals surface area contributed by atoms with E-state index < -0.39 is 10.0 Å². The van der Waals surface area contributed by atoms with Crippen LogP contribution in [0.2, 0.25) is 0 Å². The number of rotatable bonds is 6. The summed E-state index contributed by atoms with van der Waals surface area (Å²) in [6.45, 7) is 4.73. The lowest BCUT2D eigenvalue weighted by molar-refractivity contribution is 0.579. The third kappa shape index (κ3) is 3.26. The van der Waals surface area contributed by atoms with Crippen LogP contribution in [0.25, 0.3) is 0 Å².